The summed E-state index contributed by atoms with van der Waals surface area (Å²) >= 11 is 1.92. The number of nitrogens with one attached hydrogen (secondary N) is 1. The molecule has 2 heterocycles. The highest BCUT2D eigenvalue weighted by Crippen LogP contribution is 2.54. The number of hydrogen-bond donors (Lipinski definition) is 1. The van der Waals surface area contributed by atoms with E-state index in [4.69, 9.17) is 0 Å². The Labute approximate surface area is 117 Å². The number of aromatic amines is 1. The van der Waals surface area contributed by atoms with Gasteiger partial charge in [-0.2, -0.15) is 17.0 Å². The topological polar surface area (TPSA) is 57.7 Å². The van der Waals surface area contributed by atoms with Crippen LogP contribution in [0.4, 0.5) is 0 Å². The Morgan fingerprint density at radius 2 is 2.32 bits per heavy atom. The van der Waals surface area contributed by atoms with Crippen molar-refractivity contribution in [2.24, 2.45) is 17.8 Å². The minimum Gasteiger partial charge on any atom is -0.300 e. The third-order valence-electron chi connectivity index (χ3n) is 5.21. The molecule has 5 nitrogen and oxygen atoms in total. The van der Waals surface area contributed by atoms with Crippen molar-refractivity contribution < 1.29 is 0 Å². The molecule has 19 heavy (non-hydrogen) atoms. The average Bonchev–Trinajstić information content (AvgIpc) is 3.12. The summed E-state index contributed by atoms with van der Waals surface area (Å²) in [5, 5.41) is 14.0. The van der Waals surface area contributed by atoms with Crippen LogP contribution in [0.5, 0.6) is 0 Å². The Balaban J connectivity index is 1.18. The van der Waals surface area contributed by atoms with Crippen molar-refractivity contribution in [2.45, 2.75) is 37.5 Å². The predicted molar refractivity (Wildman–Crippen MR) is 74.6 cm³/mol. The maximum atomic E-state index is 3.97. The van der Waals surface area contributed by atoms with E-state index in [-0.39, 0.29) is 0 Å². The van der Waals surface area contributed by atoms with E-state index in [0.29, 0.717) is 0 Å². The highest BCUT2D eigenvalue weighted by atomic mass is 32.2. The molecule has 2 bridgehead atoms. The van der Waals surface area contributed by atoms with Crippen LogP contribution in [0.15, 0.2) is 0 Å². The van der Waals surface area contributed by atoms with E-state index in [2.05, 4.69) is 25.5 Å². The summed E-state index contributed by atoms with van der Waals surface area (Å²) in [6.07, 6.45) is 5.86. The molecule has 4 rings (SSSR count). The van der Waals surface area contributed by atoms with E-state index >= 15 is 0 Å². The maximum Gasteiger partial charge on any atom is 0.184 e. The summed E-state index contributed by atoms with van der Waals surface area (Å²) in [6.45, 7) is 2.69. The van der Waals surface area contributed by atoms with Crippen LogP contribution in [0.1, 0.15) is 31.5 Å². The van der Waals surface area contributed by atoms with Gasteiger partial charge in [-0.3, -0.25) is 4.90 Å². The summed E-state index contributed by atoms with van der Waals surface area (Å²) < 4.78 is 0. The number of fused-ring (bicyclic) bond motifs is 1. The number of tetrazole rings is 1. The quantitative estimate of drug-likeness (QED) is 0.801. The van der Waals surface area contributed by atoms with Gasteiger partial charge in [0.15, 0.2) is 5.82 Å². The maximum absolute atomic E-state index is 3.97. The Morgan fingerprint density at radius 3 is 3.11 bits per heavy atom. The molecule has 1 saturated heterocycles. The molecule has 0 radical (unpaired) electrons. The predicted octanol–water partition coefficient (Wildman–Crippen LogP) is 1.55. The summed E-state index contributed by atoms with van der Waals surface area (Å²) in [5.74, 6) is 6.11. The van der Waals surface area contributed by atoms with E-state index in [1.807, 2.05) is 11.8 Å². The Bertz CT molecular complexity index is 421. The minimum atomic E-state index is 0.822. The molecule has 0 amide bonds. The van der Waals surface area contributed by atoms with Crippen LogP contribution < -0.4 is 0 Å². The Hall–Kier alpha value is -0.620. The fraction of sp³-hybridized carbons (Fsp3) is 0.923. The lowest BCUT2D eigenvalue weighted by Crippen LogP contribution is -2.31. The lowest BCUT2D eigenvalue weighted by Gasteiger charge is -2.24. The number of thioether (sulfide) groups is 1. The van der Waals surface area contributed by atoms with Crippen LogP contribution in [0.2, 0.25) is 0 Å². The molecule has 4 atom stereocenters. The normalized spacial score (nSPS) is 36.4. The van der Waals surface area contributed by atoms with Gasteiger partial charge in [0, 0.05) is 12.6 Å². The van der Waals surface area contributed by atoms with Gasteiger partial charge >= 0.3 is 0 Å². The number of hydrogen-bond acceptors (Lipinski definition) is 5. The summed E-state index contributed by atoms with van der Waals surface area (Å²) in [6, 6.07) is 0.950. The summed E-state index contributed by atoms with van der Waals surface area (Å²) in [5.41, 5.74) is 0. The zero-order valence-electron chi connectivity index (χ0n) is 11.2. The van der Waals surface area contributed by atoms with Gasteiger partial charge in [-0.1, -0.05) is 5.21 Å². The third kappa shape index (κ3) is 2.29. The summed E-state index contributed by atoms with van der Waals surface area (Å²) in [4.78, 5) is 2.79. The van der Waals surface area contributed by atoms with E-state index in [1.54, 1.807) is 6.42 Å². The Kier molecular flexibility index (Phi) is 3.23. The third-order valence-corrected chi connectivity index (χ3v) is 6.25. The van der Waals surface area contributed by atoms with Crippen LogP contribution in [-0.4, -0.2) is 50.4 Å². The smallest absolute Gasteiger partial charge is 0.184 e. The van der Waals surface area contributed by atoms with Gasteiger partial charge in [0.2, 0.25) is 0 Å². The monoisotopic (exact) mass is 279 g/mol. The van der Waals surface area contributed by atoms with Crippen molar-refractivity contribution in [3.63, 3.8) is 0 Å². The minimum absolute atomic E-state index is 0.822. The molecule has 3 aliphatic rings. The first kappa shape index (κ1) is 12.1. The molecule has 1 aromatic heterocycles. The van der Waals surface area contributed by atoms with Gasteiger partial charge in [0.05, 0.1) is 5.75 Å². The molecule has 1 aromatic rings. The second-order valence-electron chi connectivity index (χ2n) is 6.29. The van der Waals surface area contributed by atoms with Crippen molar-refractivity contribution in [3.05, 3.63) is 5.82 Å². The first-order valence-corrected chi connectivity index (χ1v) is 8.60. The van der Waals surface area contributed by atoms with Gasteiger partial charge in [0.1, 0.15) is 0 Å². The van der Waals surface area contributed by atoms with E-state index in [9.17, 15) is 0 Å². The second-order valence-corrected chi connectivity index (χ2v) is 7.40. The standard InChI is InChI=1S/C13H21N5S/c1(3-19-8-13-14-16-17-15-13)2-18-7-10-4-9-5-11(10)12(18)6-9/h9-12H,1-8H2,(H,14,15,16,17). The van der Waals surface area contributed by atoms with Crippen LogP contribution in [0, 0.1) is 17.8 Å². The fourth-order valence-corrected chi connectivity index (χ4v) is 5.34. The fourth-order valence-electron chi connectivity index (χ4n) is 4.56. The van der Waals surface area contributed by atoms with Crippen LogP contribution in [-0.2, 0) is 5.75 Å². The molecule has 0 spiro atoms. The number of likely N-dealkylation sites (tertiary alicyclic amines) is 1. The average molecular weight is 279 g/mol. The molecular weight excluding hydrogens is 258 g/mol. The lowest BCUT2D eigenvalue weighted by atomic mass is 9.90. The zero-order valence-corrected chi connectivity index (χ0v) is 12.0. The van der Waals surface area contributed by atoms with Gasteiger partial charge in [-0.15, -0.1) is 10.2 Å². The van der Waals surface area contributed by atoms with Crippen molar-refractivity contribution >= 4 is 11.8 Å². The van der Waals surface area contributed by atoms with Gasteiger partial charge < -0.3 is 0 Å². The molecule has 1 N–H and O–H groups in total. The second kappa shape index (κ2) is 5.05. The van der Waals surface area contributed by atoms with Gasteiger partial charge in [-0.05, 0) is 55.7 Å². The Morgan fingerprint density at radius 1 is 1.32 bits per heavy atom. The number of rotatable bonds is 6. The van der Waals surface area contributed by atoms with E-state index in [1.165, 1.54) is 38.1 Å². The highest BCUT2D eigenvalue weighted by Gasteiger charge is 2.53. The molecule has 3 fully saturated rings. The first-order chi connectivity index (χ1) is 9.40. The molecule has 2 aliphatic carbocycles. The van der Waals surface area contributed by atoms with Crippen LogP contribution in [0.3, 0.4) is 0 Å². The zero-order chi connectivity index (χ0) is 12.7. The molecule has 2 saturated carbocycles. The molecule has 4 unspecified atom stereocenters. The first-order valence-electron chi connectivity index (χ1n) is 7.44. The van der Waals surface area contributed by atoms with Crippen molar-refractivity contribution in [1.82, 2.24) is 25.5 Å². The summed E-state index contributed by atoms with van der Waals surface area (Å²) in [7, 11) is 0. The van der Waals surface area contributed by atoms with Crippen molar-refractivity contribution in [2.75, 3.05) is 18.8 Å². The molecule has 0 aromatic carbocycles. The molecular formula is C13H21N5S. The number of H-pyrrole nitrogens is 1. The van der Waals surface area contributed by atoms with E-state index in [0.717, 1.165) is 35.4 Å². The SMILES string of the molecule is C(CSCc1nn[nH]n1)CN1CC2CC3CC2C1C3. The van der Waals surface area contributed by atoms with Crippen LogP contribution in [0.25, 0.3) is 0 Å². The number of nitrogens with zero attached hydrogens (tertiary/aromatic N) is 4. The highest BCUT2D eigenvalue weighted by molar-refractivity contribution is 7.98. The van der Waals surface area contributed by atoms with Crippen LogP contribution >= 0.6 is 11.8 Å². The largest absolute Gasteiger partial charge is 0.300 e. The number of aromatic nitrogens is 4. The van der Waals surface area contributed by atoms with Crippen molar-refractivity contribution in [3.8, 4) is 0 Å². The molecule has 6 heteroatoms. The van der Waals surface area contributed by atoms with Crippen molar-refractivity contribution in [1.29, 1.82) is 0 Å². The lowest BCUT2D eigenvalue weighted by molar-refractivity contribution is 0.238. The molecule has 104 valence electrons. The van der Waals surface area contributed by atoms with E-state index < -0.39 is 0 Å². The van der Waals surface area contributed by atoms with Gasteiger partial charge in [-0.25, -0.2) is 0 Å². The molecule has 1 aliphatic heterocycles. The van der Waals surface area contributed by atoms with Gasteiger partial charge in [0.25, 0.3) is 0 Å².